The number of aliphatic hydroxyl groups excluding tert-OH is 1. The van der Waals surface area contributed by atoms with Gasteiger partial charge in [-0.2, -0.15) is 0 Å². The number of carbonyl (C=O) groups is 1. The van der Waals surface area contributed by atoms with Crippen LogP contribution in [0.25, 0.3) is 0 Å². The molecule has 0 saturated carbocycles. The molecule has 0 aliphatic carbocycles. The Morgan fingerprint density at radius 2 is 1.76 bits per heavy atom. The number of hydrogen-bond donors (Lipinski definition) is 2. The molecule has 4 rings (SSSR count). The summed E-state index contributed by atoms with van der Waals surface area (Å²) >= 11 is 0. The Morgan fingerprint density at radius 1 is 1.09 bits per heavy atom. The van der Waals surface area contributed by atoms with Crippen LogP contribution in [-0.2, 0) is 0 Å². The molecule has 33 heavy (non-hydrogen) atoms. The third-order valence-corrected chi connectivity index (χ3v) is 6.56. The fraction of sp³-hybridized carbons (Fsp3) is 0.444. The molecule has 0 bridgehead atoms. The molecule has 2 aromatic carbocycles. The van der Waals surface area contributed by atoms with E-state index in [2.05, 4.69) is 16.7 Å². The molecule has 2 aliphatic rings. The van der Waals surface area contributed by atoms with E-state index in [1.54, 1.807) is 13.8 Å². The zero-order valence-electron chi connectivity index (χ0n) is 19.2. The number of hydrogen-bond acceptors (Lipinski definition) is 4. The van der Waals surface area contributed by atoms with Crippen LogP contribution in [0.1, 0.15) is 54.1 Å². The highest BCUT2D eigenvalue weighted by Gasteiger charge is 2.49. The molecule has 174 valence electrons. The lowest BCUT2D eigenvalue weighted by atomic mass is 9.74. The van der Waals surface area contributed by atoms with Gasteiger partial charge in [0.25, 0.3) is 5.91 Å². The second-order valence-corrected chi connectivity index (χ2v) is 9.48. The minimum absolute atomic E-state index is 0.0178. The molecule has 0 unspecified atom stereocenters. The summed E-state index contributed by atoms with van der Waals surface area (Å²) in [6, 6.07) is 13.8. The van der Waals surface area contributed by atoms with Crippen molar-refractivity contribution >= 4 is 5.91 Å². The van der Waals surface area contributed by atoms with Crippen molar-refractivity contribution in [2.75, 3.05) is 26.2 Å². The smallest absolute Gasteiger partial charge is 0.253 e. The van der Waals surface area contributed by atoms with Gasteiger partial charge in [-0.25, -0.2) is 4.39 Å². The Balaban J connectivity index is 1.55. The van der Waals surface area contributed by atoms with E-state index in [0.29, 0.717) is 18.7 Å². The van der Waals surface area contributed by atoms with Crippen molar-refractivity contribution in [2.24, 2.45) is 0 Å². The molecule has 2 N–H and O–H groups in total. The SMILES string of the molecule is CC(C)(O)C#Cc1ccc([C@H]2[C@H](CO)N3CCCCN(C(=O)c4ccc(F)cc4)C[C@@H]23)cc1. The van der Waals surface area contributed by atoms with Crippen LogP contribution >= 0.6 is 0 Å². The van der Waals surface area contributed by atoms with Gasteiger partial charge in [-0.15, -0.1) is 0 Å². The number of nitrogens with zero attached hydrogens (tertiary/aromatic N) is 2. The summed E-state index contributed by atoms with van der Waals surface area (Å²) in [6.45, 7) is 5.50. The van der Waals surface area contributed by atoms with Crippen molar-refractivity contribution in [3.63, 3.8) is 0 Å². The fourth-order valence-electron chi connectivity index (χ4n) is 4.91. The summed E-state index contributed by atoms with van der Waals surface area (Å²) in [5, 5.41) is 19.9. The van der Waals surface area contributed by atoms with Crippen LogP contribution in [0, 0.1) is 17.7 Å². The summed E-state index contributed by atoms with van der Waals surface area (Å²) in [5.41, 5.74) is 1.38. The normalized spacial score (nSPS) is 23.4. The maximum absolute atomic E-state index is 13.3. The van der Waals surface area contributed by atoms with Gasteiger partial charge in [-0.05, 0) is 75.2 Å². The first kappa shape index (κ1) is 23.4. The third kappa shape index (κ3) is 5.27. The molecule has 1 amide bonds. The topological polar surface area (TPSA) is 64.0 Å². The summed E-state index contributed by atoms with van der Waals surface area (Å²) in [4.78, 5) is 17.3. The molecular weight excluding hydrogens is 419 g/mol. The maximum atomic E-state index is 13.3. The highest BCUT2D eigenvalue weighted by molar-refractivity contribution is 5.94. The number of rotatable bonds is 3. The molecule has 0 radical (unpaired) electrons. The van der Waals surface area contributed by atoms with Gasteiger partial charge < -0.3 is 15.1 Å². The van der Waals surface area contributed by atoms with Gasteiger partial charge in [0.15, 0.2) is 0 Å². The summed E-state index contributed by atoms with van der Waals surface area (Å²) in [7, 11) is 0. The molecular formula is C27H31FN2O3. The Morgan fingerprint density at radius 3 is 2.39 bits per heavy atom. The van der Waals surface area contributed by atoms with Gasteiger partial charge in [-0.3, -0.25) is 9.69 Å². The average Bonchev–Trinajstić information content (AvgIpc) is 2.77. The molecule has 3 atom stereocenters. The van der Waals surface area contributed by atoms with E-state index < -0.39 is 5.60 Å². The van der Waals surface area contributed by atoms with Crippen LogP contribution in [0.5, 0.6) is 0 Å². The van der Waals surface area contributed by atoms with Gasteiger partial charge in [-0.1, -0.05) is 24.0 Å². The monoisotopic (exact) mass is 450 g/mol. The van der Waals surface area contributed by atoms with E-state index in [-0.39, 0.29) is 36.3 Å². The van der Waals surface area contributed by atoms with Crippen molar-refractivity contribution in [2.45, 2.75) is 50.3 Å². The highest BCUT2D eigenvalue weighted by atomic mass is 19.1. The number of benzene rings is 2. The van der Waals surface area contributed by atoms with Gasteiger partial charge in [0.05, 0.1) is 6.61 Å². The standard InChI is InChI=1S/C27H31FN2O3/c1-27(2,33)14-13-19-5-7-20(8-6-19)25-23-17-29(15-3-4-16-30(23)24(25)18-31)26(32)21-9-11-22(28)12-10-21/h5-12,23-25,31,33H,3-4,15-18H2,1-2H3/t23-,24-,25+/m0/s1. The minimum Gasteiger partial charge on any atom is -0.395 e. The number of halogens is 1. The first-order valence-electron chi connectivity index (χ1n) is 11.5. The van der Waals surface area contributed by atoms with Crippen LogP contribution in [0.3, 0.4) is 0 Å². The quantitative estimate of drug-likeness (QED) is 0.706. The van der Waals surface area contributed by atoms with Gasteiger partial charge in [0.2, 0.25) is 0 Å². The molecule has 2 aliphatic heterocycles. The zero-order chi connectivity index (χ0) is 23.6. The highest BCUT2D eigenvalue weighted by Crippen LogP contribution is 2.42. The lowest BCUT2D eigenvalue weighted by molar-refractivity contribution is -0.0606. The second kappa shape index (κ2) is 9.64. The van der Waals surface area contributed by atoms with Crippen LogP contribution in [0.4, 0.5) is 4.39 Å². The van der Waals surface area contributed by atoms with Crippen molar-refractivity contribution < 1.29 is 19.4 Å². The second-order valence-electron chi connectivity index (χ2n) is 9.48. The van der Waals surface area contributed by atoms with Gasteiger partial charge in [0.1, 0.15) is 11.4 Å². The lowest BCUT2D eigenvalue weighted by Gasteiger charge is -2.57. The van der Waals surface area contributed by atoms with Crippen LogP contribution in [0.2, 0.25) is 0 Å². The van der Waals surface area contributed by atoms with Crippen molar-refractivity contribution in [1.82, 2.24) is 9.80 Å². The molecule has 2 heterocycles. The molecule has 2 saturated heterocycles. The molecule has 5 nitrogen and oxygen atoms in total. The summed E-state index contributed by atoms with van der Waals surface area (Å²) in [5.74, 6) is 5.48. The number of aliphatic hydroxyl groups is 2. The number of carbonyl (C=O) groups excluding carboxylic acids is 1. The van der Waals surface area contributed by atoms with E-state index in [0.717, 1.165) is 30.5 Å². The Bertz CT molecular complexity index is 1030. The molecule has 0 aromatic heterocycles. The summed E-state index contributed by atoms with van der Waals surface area (Å²) < 4.78 is 13.3. The summed E-state index contributed by atoms with van der Waals surface area (Å²) in [6.07, 6.45) is 1.85. The largest absolute Gasteiger partial charge is 0.395 e. The van der Waals surface area contributed by atoms with Crippen LogP contribution in [0.15, 0.2) is 48.5 Å². The minimum atomic E-state index is -1.05. The molecule has 2 fully saturated rings. The Labute approximate surface area is 194 Å². The first-order chi connectivity index (χ1) is 15.8. The third-order valence-electron chi connectivity index (χ3n) is 6.56. The first-order valence-corrected chi connectivity index (χ1v) is 11.5. The van der Waals surface area contributed by atoms with Crippen LogP contribution < -0.4 is 0 Å². The van der Waals surface area contributed by atoms with Crippen molar-refractivity contribution in [3.05, 3.63) is 71.0 Å². The van der Waals surface area contributed by atoms with E-state index in [1.165, 1.54) is 24.3 Å². The van der Waals surface area contributed by atoms with E-state index in [9.17, 15) is 19.4 Å². The average molecular weight is 451 g/mol. The lowest BCUT2D eigenvalue weighted by Crippen LogP contribution is -2.67. The maximum Gasteiger partial charge on any atom is 0.253 e. The predicted molar refractivity (Wildman–Crippen MR) is 125 cm³/mol. The van der Waals surface area contributed by atoms with Gasteiger partial charge in [0, 0.05) is 42.2 Å². The Hall–Kier alpha value is -2.72. The van der Waals surface area contributed by atoms with Crippen LogP contribution in [-0.4, -0.2) is 69.8 Å². The molecule has 2 aromatic rings. The molecule has 6 heteroatoms. The van der Waals surface area contributed by atoms with Crippen molar-refractivity contribution in [3.8, 4) is 11.8 Å². The zero-order valence-corrected chi connectivity index (χ0v) is 19.2. The Kier molecular flexibility index (Phi) is 6.85. The van der Waals surface area contributed by atoms with E-state index in [1.807, 2.05) is 29.2 Å². The molecule has 0 spiro atoms. The number of fused-ring (bicyclic) bond motifs is 1. The predicted octanol–water partition coefficient (Wildman–Crippen LogP) is 3.01. The fourth-order valence-corrected chi connectivity index (χ4v) is 4.91. The van der Waals surface area contributed by atoms with E-state index >= 15 is 0 Å². The number of amides is 1. The van der Waals surface area contributed by atoms with Gasteiger partial charge >= 0.3 is 0 Å². The van der Waals surface area contributed by atoms with E-state index in [4.69, 9.17) is 0 Å². The van der Waals surface area contributed by atoms with Crippen molar-refractivity contribution in [1.29, 1.82) is 0 Å².